The maximum atomic E-state index is 15.2. The number of benzene rings is 1. The van der Waals surface area contributed by atoms with Gasteiger partial charge in [-0.25, -0.2) is 18.6 Å². The van der Waals surface area contributed by atoms with Crippen molar-refractivity contribution in [2.45, 2.75) is 18.4 Å². The molecule has 1 aromatic carbocycles. The summed E-state index contributed by atoms with van der Waals surface area (Å²) >= 11 is 0. The Kier molecular flexibility index (Phi) is 4.46. The molecule has 0 N–H and O–H groups in total. The van der Waals surface area contributed by atoms with E-state index in [2.05, 4.69) is 9.97 Å². The highest BCUT2D eigenvalue weighted by atomic mass is 19.3. The number of piperidine rings is 1. The predicted molar refractivity (Wildman–Crippen MR) is 118 cm³/mol. The molecule has 0 radical (unpaired) electrons. The monoisotopic (exact) mass is 440 g/mol. The molecule has 1 fully saturated rings. The Labute approximate surface area is 184 Å². The van der Waals surface area contributed by atoms with E-state index < -0.39 is 24.2 Å². The first kappa shape index (κ1) is 19.4. The molecule has 0 amide bonds. The number of pyridine rings is 2. The third-order valence-electron chi connectivity index (χ3n) is 6.15. The second-order valence-corrected chi connectivity index (χ2v) is 8.14. The summed E-state index contributed by atoms with van der Waals surface area (Å²) in [6.45, 7) is -0.214. The van der Waals surface area contributed by atoms with E-state index >= 15 is 8.78 Å². The van der Waals surface area contributed by atoms with Crippen molar-refractivity contribution in [1.29, 1.82) is 0 Å². The number of aromatic nitrogens is 4. The fraction of sp³-hybridized carbons (Fsp3) is 0.348. The van der Waals surface area contributed by atoms with Gasteiger partial charge in [0.15, 0.2) is 0 Å². The van der Waals surface area contributed by atoms with Crippen molar-refractivity contribution in [2.75, 3.05) is 27.2 Å². The molecule has 4 heterocycles. The van der Waals surface area contributed by atoms with Gasteiger partial charge >= 0.3 is 5.69 Å². The molecule has 3 aromatic heterocycles. The normalized spacial score (nSPS) is 19.4. The number of ether oxygens (including phenoxy) is 1. The summed E-state index contributed by atoms with van der Waals surface area (Å²) in [7, 11) is 2.92. The van der Waals surface area contributed by atoms with Crippen LogP contribution in [0.4, 0.5) is 8.78 Å². The summed E-state index contributed by atoms with van der Waals surface area (Å²) in [6, 6.07) is 7.88. The van der Waals surface area contributed by atoms with Crippen LogP contribution in [0.15, 0.2) is 47.5 Å². The Morgan fingerprint density at radius 3 is 2.69 bits per heavy atom. The maximum Gasteiger partial charge on any atom is 0.329 e. The lowest BCUT2D eigenvalue weighted by Gasteiger charge is -2.37. The molecule has 1 atom stereocenters. The molecule has 0 unspecified atom stereocenters. The summed E-state index contributed by atoms with van der Waals surface area (Å²) in [6.07, 6.45) is 3.31. The molecule has 5 rings (SSSR count). The molecule has 1 aliphatic rings. The standard InChI is InChI=1S/C23H23F2N5O2/c1-28-9-8-19(23(24,25)13-28)30-21-16-10-14(15-5-7-20(32-3)27-11-15)4-6-17(16)26-12-18(21)29(2)22(30)31/h4-7,10-12,19H,8-9,13H2,1-3H3/t19-/m0/s1/i1D. The topological polar surface area (TPSA) is 65.2 Å². The molecule has 4 aromatic rings. The summed E-state index contributed by atoms with van der Waals surface area (Å²) in [5, 5.41) is 0.622. The van der Waals surface area contributed by atoms with E-state index in [1.54, 1.807) is 32.6 Å². The first-order valence-electron chi connectivity index (χ1n) is 10.9. The molecule has 1 aliphatic heterocycles. The van der Waals surface area contributed by atoms with Gasteiger partial charge in [-0.15, -0.1) is 0 Å². The van der Waals surface area contributed by atoms with Gasteiger partial charge in [0, 0.05) is 38.2 Å². The SMILES string of the molecule is [2H]CN1CC[C@H](n2c(=O)n(C)c3cnc4ccc(-c5ccc(OC)nc5)cc4c32)C(F)(F)C1. The number of hydrogen-bond donors (Lipinski definition) is 0. The van der Waals surface area contributed by atoms with E-state index in [1.807, 2.05) is 24.3 Å². The zero-order valence-corrected chi connectivity index (χ0v) is 17.8. The van der Waals surface area contributed by atoms with Crippen LogP contribution >= 0.6 is 0 Å². The number of halogens is 2. The van der Waals surface area contributed by atoms with Crippen molar-refractivity contribution < 1.29 is 14.9 Å². The smallest absolute Gasteiger partial charge is 0.329 e. The van der Waals surface area contributed by atoms with Crippen LogP contribution in [0.5, 0.6) is 5.88 Å². The van der Waals surface area contributed by atoms with Gasteiger partial charge in [-0.2, -0.15) is 0 Å². The molecule has 32 heavy (non-hydrogen) atoms. The Balaban J connectivity index is 1.73. The van der Waals surface area contributed by atoms with Crippen LogP contribution in [0.25, 0.3) is 33.1 Å². The van der Waals surface area contributed by atoms with Gasteiger partial charge in [-0.3, -0.25) is 14.1 Å². The van der Waals surface area contributed by atoms with Gasteiger partial charge in [0.1, 0.15) is 6.04 Å². The van der Waals surface area contributed by atoms with Crippen molar-refractivity contribution in [3.63, 3.8) is 0 Å². The van der Waals surface area contributed by atoms with Gasteiger partial charge in [0.25, 0.3) is 5.92 Å². The van der Waals surface area contributed by atoms with Gasteiger partial charge in [-0.05, 0) is 37.2 Å². The molecule has 0 spiro atoms. The number of likely N-dealkylation sites (tertiary alicyclic amines) is 1. The third kappa shape index (κ3) is 3.15. The van der Waals surface area contributed by atoms with Crippen molar-refractivity contribution >= 4 is 21.9 Å². The number of imidazole rings is 1. The van der Waals surface area contributed by atoms with E-state index in [0.29, 0.717) is 34.4 Å². The third-order valence-corrected chi connectivity index (χ3v) is 6.15. The molecule has 9 heteroatoms. The summed E-state index contributed by atoms with van der Waals surface area (Å²) in [4.78, 5) is 23.3. The number of aryl methyl sites for hydroxylation is 1. The van der Waals surface area contributed by atoms with Gasteiger partial charge in [-0.1, -0.05) is 6.07 Å². The van der Waals surface area contributed by atoms with Crippen molar-refractivity contribution in [3.05, 3.63) is 53.2 Å². The summed E-state index contributed by atoms with van der Waals surface area (Å²) < 4.78 is 45.6. The predicted octanol–water partition coefficient (Wildman–Crippen LogP) is 3.47. The minimum atomic E-state index is -3.15. The van der Waals surface area contributed by atoms with E-state index in [9.17, 15) is 4.79 Å². The van der Waals surface area contributed by atoms with Gasteiger partial charge in [0.2, 0.25) is 5.88 Å². The van der Waals surface area contributed by atoms with Gasteiger partial charge < -0.3 is 9.64 Å². The van der Waals surface area contributed by atoms with Crippen molar-refractivity contribution in [3.8, 4) is 17.0 Å². The number of fused-ring (bicyclic) bond motifs is 3. The van der Waals surface area contributed by atoms with Crippen LogP contribution in [-0.4, -0.2) is 57.1 Å². The van der Waals surface area contributed by atoms with Crippen LogP contribution in [0.3, 0.4) is 0 Å². The highest BCUT2D eigenvalue weighted by Crippen LogP contribution is 2.39. The largest absolute Gasteiger partial charge is 0.481 e. The number of rotatable bonds is 3. The molecular formula is C23H23F2N5O2. The molecule has 7 nitrogen and oxygen atoms in total. The average Bonchev–Trinajstić information content (AvgIpc) is 3.08. The first-order valence-corrected chi connectivity index (χ1v) is 10.2. The van der Waals surface area contributed by atoms with Crippen LogP contribution in [0.2, 0.25) is 0 Å². The lowest BCUT2D eigenvalue weighted by atomic mass is 10.00. The van der Waals surface area contributed by atoms with Crippen LogP contribution in [0.1, 0.15) is 13.8 Å². The van der Waals surface area contributed by atoms with E-state index in [-0.39, 0.29) is 13.4 Å². The van der Waals surface area contributed by atoms with Crippen molar-refractivity contribution in [1.82, 2.24) is 24.0 Å². The highest BCUT2D eigenvalue weighted by Gasteiger charge is 2.46. The summed E-state index contributed by atoms with van der Waals surface area (Å²) in [5.41, 5.74) is 2.70. The van der Waals surface area contributed by atoms with E-state index in [4.69, 9.17) is 6.11 Å². The number of methoxy groups -OCH3 is 1. The number of nitrogens with zero attached hydrogens (tertiary/aromatic N) is 5. The lowest BCUT2D eigenvalue weighted by molar-refractivity contribution is -0.0977. The Hall–Kier alpha value is -3.33. The molecular weight excluding hydrogens is 416 g/mol. The average molecular weight is 440 g/mol. The lowest BCUT2D eigenvalue weighted by Crippen LogP contribution is -2.49. The first-order chi connectivity index (χ1) is 15.8. The quantitative estimate of drug-likeness (QED) is 0.488. The molecule has 1 saturated heterocycles. The second-order valence-electron chi connectivity index (χ2n) is 8.14. The van der Waals surface area contributed by atoms with E-state index in [0.717, 1.165) is 11.1 Å². The van der Waals surface area contributed by atoms with Crippen LogP contribution in [-0.2, 0) is 7.05 Å². The van der Waals surface area contributed by atoms with Crippen LogP contribution < -0.4 is 10.4 Å². The molecule has 166 valence electrons. The van der Waals surface area contributed by atoms with E-state index in [1.165, 1.54) is 14.0 Å². The Morgan fingerprint density at radius 1 is 1.19 bits per heavy atom. The molecule has 0 saturated carbocycles. The Morgan fingerprint density at radius 2 is 2.00 bits per heavy atom. The Bertz CT molecular complexity index is 1400. The highest BCUT2D eigenvalue weighted by molar-refractivity contribution is 6.04. The van der Waals surface area contributed by atoms with Crippen molar-refractivity contribution in [2.24, 2.45) is 7.05 Å². The minimum Gasteiger partial charge on any atom is -0.481 e. The van der Waals surface area contributed by atoms with Gasteiger partial charge in [0.05, 0.1) is 36.4 Å². The zero-order chi connectivity index (χ0) is 23.3. The second kappa shape index (κ2) is 7.37. The molecule has 0 bridgehead atoms. The maximum absolute atomic E-state index is 15.2. The zero-order valence-electron chi connectivity index (χ0n) is 18.8. The minimum absolute atomic E-state index is 0.0802. The van der Waals surface area contributed by atoms with Crippen LogP contribution in [0, 0.1) is 0 Å². The number of hydrogen-bond acceptors (Lipinski definition) is 5. The molecule has 0 aliphatic carbocycles. The fourth-order valence-electron chi connectivity index (χ4n) is 4.48. The summed E-state index contributed by atoms with van der Waals surface area (Å²) in [5.74, 6) is -2.66. The fourth-order valence-corrected chi connectivity index (χ4v) is 4.48. The number of alkyl halides is 2.